The molecule has 0 radical (unpaired) electrons. The van der Waals surface area contributed by atoms with E-state index in [4.69, 9.17) is 24.2 Å². The highest BCUT2D eigenvalue weighted by atomic mass is 16.5. The zero-order valence-corrected chi connectivity index (χ0v) is 15.6. The third-order valence-electron chi connectivity index (χ3n) is 4.45. The van der Waals surface area contributed by atoms with E-state index < -0.39 is 0 Å². The normalized spacial score (nSPS) is 21.4. The summed E-state index contributed by atoms with van der Waals surface area (Å²) in [6, 6.07) is 7.32. The Morgan fingerprint density at radius 1 is 0.920 bits per heavy atom. The quantitative estimate of drug-likeness (QED) is 0.858. The lowest BCUT2D eigenvalue weighted by Gasteiger charge is -2.31. The fraction of sp³-hybridized carbons (Fsp3) is 0.579. The topological polar surface area (TPSA) is 72.6 Å². The largest absolute Gasteiger partial charge is 0.497 e. The second kappa shape index (κ2) is 8.85. The van der Waals surface area contributed by atoms with E-state index in [1.54, 1.807) is 21.3 Å². The Kier molecular flexibility index (Phi) is 6.82. The molecule has 1 aliphatic heterocycles. The fourth-order valence-electron chi connectivity index (χ4n) is 3.08. The number of hydrogen-bond acceptors (Lipinski definition) is 6. The van der Waals surface area contributed by atoms with Crippen LogP contribution in [0.3, 0.4) is 0 Å². The van der Waals surface area contributed by atoms with Gasteiger partial charge in [-0.1, -0.05) is 26.0 Å². The van der Waals surface area contributed by atoms with Gasteiger partial charge in [-0.3, -0.25) is 0 Å². The van der Waals surface area contributed by atoms with Crippen LogP contribution >= 0.6 is 0 Å². The average molecular weight is 348 g/mol. The molecule has 25 heavy (non-hydrogen) atoms. The van der Waals surface area contributed by atoms with Gasteiger partial charge in [-0.15, -0.1) is 0 Å². The number of nitrogens with zero attached hydrogens (tertiary/aromatic N) is 2. The predicted octanol–water partition coefficient (Wildman–Crippen LogP) is 2.66. The van der Waals surface area contributed by atoms with Crippen molar-refractivity contribution in [3.63, 3.8) is 0 Å². The number of aliphatic imine (C=N–C) groups is 2. The minimum absolute atomic E-state index is 0.0512. The summed E-state index contributed by atoms with van der Waals surface area (Å²) in [4.78, 5) is 9.52. The van der Waals surface area contributed by atoms with Crippen molar-refractivity contribution in [2.45, 2.75) is 38.3 Å². The first-order valence-electron chi connectivity index (χ1n) is 8.53. The fourth-order valence-corrected chi connectivity index (χ4v) is 3.08. The number of ether oxygens (including phenoxy) is 3. The lowest BCUT2D eigenvalue weighted by Crippen LogP contribution is -2.40. The van der Waals surface area contributed by atoms with Gasteiger partial charge in [0.1, 0.15) is 17.8 Å². The van der Waals surface area contributed by atoms with Crippen molar-refractivity contribution in [1.29, 1.82) is 0 Å². The Morgan fingerprint density at radius 3 is 1.96 bits per heavy atom. The van der Waals surface area contributed by atoms with Crippen LogP contribution in [0.15, 0.2) is 34.3 Å². The van der Waals surface area contributed by atoms with Crippen LogP contribution in [0.1, 0.15) is 31.7 Å². The molecule has 0 fully saturated rings. The summed E-state index contributed by atoms with van der Waals surface area (Å²) in [6.07, 6.45) is 0.548. The van der Waals surface area contributed by atoms with Gasteiger partial charge in [-0.05, 0) is 30.0 Å². The minimum atomic E-state index is -0.324. The van der Waals surface area contributed by atoms with Crippen molar-refractivity contribution in [2.75, 3.05) is 27.9 Å². The summed E-state index contributed by atoms with van der Waals surface area (Å²) in [5.41, 5.74) is 1.05. The molecule has 0 aromatic heterocycles. The molecule has 1 heterocycles. The molecule has 6 nitrogen and oxygen atoms in total. The lowest BCUT2D eigenvalue weighted by atomic mass is 9.87. The third-order valence-corrected chi connectivity index (χ3v) is 4.45. The maximum absolute atomic E-state index is 9.57. The number of aliphatic hydroxyl groups excluding tert-OH is 1. The SMILES string of the molecule is COC1=NC([C@H](CCO)c2ccc(OC)cc2)C(OC)=NC1C(C)C. The highest BCUT2D eigenvalue weighted by Gasteiger charge is 2.36. The van der Waals surface area contributed by atoms with Crippen LogP contribution in [-0.4, -0.2) is 56.9 Å². The second-order valence-corrected chi connectivity index (χ2v) is 6.37. The van der Waals surface area contributed by atoms with Crippen molar-refractivity contribution in [1.82, 2.24) is 0 Å². The molecule has 1 aliphatic rings. The van der Waals surface area contributed by atoms with Gasteiger partial charge in [0.15, 0.2) is 0 Å². The first kappa shape index (κ1) is 19.2. The van der Waals surface area contributed by atoms with Crippen molar-refractivity contribution in [2.24, 2.45) is 15.9 Å². The molecule has 1 aromatic carbocycles. The van der Waals surface area contributed by atoms with Gasteiger partial charge in [0.2, 0.25) is 11.8 Å². The molecule has 6 heteroatoms. The van der Waals surface area contributed by atoms with Crippen LogP contribution in [0.2, 0.25) is 0 Å². The molecule has 2 rings (SSSR count). The van der Waals surface area contributed by atoms with E-state index in [0.717, 1.165) is 11.3 Å². The van der Waals surface area contributed by atoms with E-state index in [0.29, 0.717) is 18.2 Å². The van der Waals surface area contributed by atoms with Crippen LogP contribution in [0.5, 0.6) is 5.75 Å². The van der Waals surface area contributed by atoms with Crippen LogP contribution in [0.4, 0.5) is 0 Å². The van der Waals surface area contributed by atoms with E-state index in [1.807, 2.05) is 24.3 Å². The highest BCUT2D eigenvalue weighted by molar-refractivity contribution is 5.94. The first-order chi connectivity index (χ1) is 12.0. The Bertz CT molecular complexity index is 610. The number of aliphatic hydroxyl groups is 1. The smallest absolute Gasteiger partial charge is 0.210 e. The molecule has 0 spiro atoms. The molecule has 0 aliphatic carbocycles. The Balaban J connectivity index is 2.40. The summed E-state index contributed by atoms with van der Waals surface area (Å²) in [7, 11) is 4.87. The molecule has 0 saturated heterocycles. The average Bonchev–Trinajstić information content (AvgIpc) is 2.65. The van der Waals surface area contributed by atoms with E-state index in [2.05, 4.69) is 13.8 Å². The zero-order chi connectivity index (χ0) is 18.4. The molecule has 138 valence electrons. The molecule has 1 N–H and O–H groups in total. The van der Waals surface area contributed by atoms with Crippen LogP contribution < -0.4 is 4.74 Å². The van der Waals surface area contributed by atoms with Gasteiger partial charge in [0.05, 0.1) is 21.3 Å². The zero-order valence-electron chi connectivity index (χ0n) is 15.6. The van der Waals surface area contributed by atoms with E-state index in [9.17, 15) is 5.11 Å². The predicted molar refractivity (Wildman–Crippen MR) is 98.7 cm³/mol. The summed E-state index contributed by atoms with van der Waals surface area (Å²) in [5, 5.41) is 9.57. The molecular weight excluding hydrogens is 320 g/mol. The van der Waals surface area contributed by atoms with Crippen molar-refractivity contribution in [3.8, 4) is 5.75 Å². The van der Waals surface area contributed by atoms with Crippen molar-refractivity contribution in [3.05, 3.63) is 29.8 Å². The molecule has 0 amide bonds. The third kappa shape index (κ3) is 4.31. The minimum Gasteiger partial charge on any atom is -0.497 e. The Labute approximate surface area is 149 Å². The van der Waals surface area contributed by atoms with E-state index >= 15 is 0 Å². The van der Waals surface area contributed by atoms with Gasteiger partial charge in [0, 0.05) is 12.5 Å². The molecule has 1 aromatic rings. The molecule has 2 unspecified atom stereocenters. The Hall–Kier alpha value is -2.08. The van der Waals surface area contributed by atoms with Gasteiger partial charge in [0.25, 0.3) is 0 Å². The Morgan fingerprint density at radius 2 is 1.48 bits per heavy atom. The molecule has 0 bridgehead atoms. The second-order valence-electron chi connectivity index (χ2n) is 6.37. The monoisotopic (exact) mass is 348 g/mol. The van der Waals surface area contributed by atoms with E-state index in [-0.39, 0.29) is 30.5 Å². The maximum atomic E-state index is 9.57. The van der Waals surface area contributed by atoms with Crippen LogP contribution in [0.25, 0.3) is 0 Å². The first-order valence-corrected chi connectivity index (χ1v) is 8.53. The van der Waals surface area contributed by atoms with Crippen LogP contribution in [-0.2, 0) is 9.47 Å². The number of rotatable bonds is 6. The van der Waals surface area contributed by atoms with Gasteiger partial charge in [-0.25, -0.2) is 9.98 Å². The number of benzene rings is 1. The molecular formula is C19H28N2O4. The van der Waals surface area contributed by atoms with Crippen molar-refractivity contribution >= 4 is 11.8 Å². The standard InChI is InChI=1S/C19H28N2O4/c1-12(2)16-18(24-4)21-17(19(20-16)25-5)15(10-11-22)13-6-8-14(23-3)9-7-13/h6-9,12,15-17,22H,10-11H2,1-5H3/t15-,16?,17?/m1/s1. The maximum Gasteiger partial charge on any atom is 0.210 e. The summed E-state index contributed by atoms with van der Waals surface area (Å²) >= 11 is 0. The number of hydrogen-bond donors (Lipinski definition) is 1. The summed E-state index contributed by atoms with van der Waals surface area (Å²) < 4.78 is 16.3. The highest BCUT2D eigenvalue weighted by Crippen LogP contribution is 2.31. The molecule has 3 atom stereocenters. The lowest BCUT2D eigenvalue weighted by molar-refractivity contribution is 0.264. The summed E-state index contributed by atoms with van der Waals surface area (Å²) in [6.45, 7) is 4.20. The summed E-state index contributed by atoms with van der Waals surface area (Å²) in [5.74, 6) is 2.16. The molecule has 0 saturated carbocycles. The number of methoxy groups -OCH3 is 3. The van der Waals surface area contributed by atoms with Gasteiger partial charge < -0.3 is 19.3 Å². The van der Waals surface area contributed by atoms with Gasteiger partial charge >= 0.3 is 0 Å². The van der Waals surface area contributed by atoms with Gasteiger partial charge in [-0.2, -0.15) is 0 Å². The van der Waals surface area contributed by atoms with Crippen LogP contribution in [0, 0.1) is 5.92 Å². The van der Waals surface area contributed by atoms with Crippen molar-refractivity contribution < 1.29 is 19.3 Å². The van der Waals surface area contributed by atoms with E-state index in [1.165, 1.54) is 0 Å².